The molecule has 17 heavy (non-hydrogen) atoms. The van der Waals surface area contributed by atoms with Gasteiger partial charge in [0, 0.05) is 12.3 Å². The molecule has 0 aliphatic rings. The molecule has 1 heterocycles. The van der Waals surface area contributed by atoms with Crippen molar-refractivity contribution in [2.24, 2.45) is 0 Å². The van der Waals surface area contributed by atoms with E-state index in [-0.39, 0.29) is 6.61 Å². The standard InChI is InChI=1S/C13H12FNO2/c1-9-13(3-2-4-15-9)17-12-6-10(8-16)5-11(14)7-12/h2-7,16H,8H2,1H3. The number of halogens is 1. The van der Waals surface area contributed by atoms with Crippen LogP contribution >= 0.6 is 0 Å². The zero-order valence-corrected chi connectivity index (χ0v) is 9.35. The molecule has 2 aromatic rings. The smallest absolute Gasteiger partial charge is 0.148 e. The van der Waals surface area contributed by atoms with Gasteiger partial charge in [-0.2, -0.15) is 0 Å². The van der Waals surface area contributed by atoms with Gasteiger partial charge >= 0.3 is 0 Å². The first-order valence-electron chi connectivity index (χ1n) is 5.19. The Morgan fingerprint density at radius 3 is 2.88 bits per heavy atom. The summed E-state index contributed by atoms with van der Waals surface area (Å²) in [5.74, 6) is 0.486. The van der Waals surface area contributed by atoms with Gasteiger partial charge in [-0.25, -0.2) is 4.39 Å². The van der Waals surface area contributed by atoms with Crippen molar-refractivity contribution in [2.45, 2.75) is 13.5 Å². The largest absolute Gasteiger partial charge is 0.455 e. The molecule has 0 bridgehead atoms. The van der Waals surface area contributed by atoms with Gasteiger partial charge < -0.3 is 9.84 Å². The average molecular weight is 233 g/mol. The Hall–Kier alpha value is -1.94. The average Bonchev–Trinajstić information content (AvgIpc) is 2.31. The Bertz CT molecular complexity index is 529. The van der Waals surface area contributed by atoms with E-state index >= 15 is 0 Å². The summed E-state index contributed by atoms with van der Waals surface area (Å²) < 4.78 is 18.7. The van der Waals surface area contributed by atoms with Crippen molar-refractivity contribution in [3.8, 4) is 11.5 Å². The summed E-state index contributed by atoms with van der Waals surface area (Å²) in [7, 11) is 0. The number of hydrogen-bond acceptors (Lipinski definition) is 3. The van der Waals surface area contributed by atoms with Crippen molar-refractivity contribution in [2.75, 3.05) is 0 Å². The normalized spacial score (nSPS) is 10.3. The fourth-order valence-electron chi connectivity index (χ4n) is 1.48. The van der Waals surface area contributed by atoms with Gasteiger partial charge in [-0.3, -0.25) is 4.98 Å². The molecular formula is C13H12FNO2. The number of aliphatic hydroxyl groups excluding tert-OH is 1. The van der Waals surface area contributed by atoms with Crippen LogP contribution in [0.3, 0.4) is 0 Å². The Morgan fingerprint density at radius 1 is 1.35 bits per heavy atom. The Balaban J connectivity index is 2.30. The number of pyridine rings is 1. The van der Waals surface area contributed by atoms with E-state index in [1.54, 1.807) is 24.4 Å². The Labute approximate surface area is 98.5 Å². The molecule has 3 nitrogen and oxygen atoms in total. The molecule has 0 radical (unpaired) electrons. The van der Waals surface area contributed by atoms with Gasteiger partial charge in [-0.1, -0.05) is 0 Å². The van der Waals surface area contributed by atoms with Gasteiger partial charge in [0.15, 0.2) is 0 Å². The highest BCUT2D eigenvalue weighted by molar-refractivity contribution is 5.35. The van der Waals surface area contributed by atoms with Gasteiger partial charge in [0.05, 0.1) is 12.3 Å². The maximum absolute atomic E-state index is 13.2. The predicted octanol–water partition coefficient (Wildman–Crippen LogP) is 2.81. The minimum Gasteiger partial charge on any atom is -0.455 e. The van der Waals surface area contributed by atoms with E-state index < -0.39 is 5.82 Å². The van der Waals surface area contributed by atoms with E-state index in [2.05, 4.69) is 4.98 Å². The summed E-state index contributed by atoms with van der Waals surface area (Å²) >= 11 is 0. The lowest BCUT2D eigenvalue weighted by molar-refractivity contribution is 0.280. The van der Waals surface area contributed by atoms with Gasteiger partial charge in [0.25, 0.3) is 0 Å². The van der Waals surface area contributed by atoms with Crippen molar-refractivity contribution in [3.63, 3.8) is 0 Å². The second-order valence-corrected chi connectivity index (χ2v) is 3.64. The molecule has 0 aliphatic carbocycles. The lowest BCUT2D eigenvalue weighted by Crippen LogP contribution is -1.92. The molecular weight excluding hydrogens is 221 g/mol. The molecule has 0 aliphatic heterocycles. The first-order valence-corrected chi connectivity index (χ1v) is 5.19. The maximum atomic E-state index is 13.2. The molecule has 0 amide bonds. The number of hydrogen-bond donors (Lipinski definition) is 1. The molecule has 1 aromatic carbocycles. The molecule has 88 valence electrons. The van der Waals surface area contributed by atoms with Crippen LogP contribution in [-0.2, 0) is 6.61 Å². The summed E-state index contributed by atoms with van der Waals surface area (Å²) in [5.41, 5.74) is 1.20. The highest BCUT2D eigenvalue weighted by Gasteiger charge is 2.04. The van der Waals surface area contributed by atoms with Crippen molar-refractivity contribution < 1.29 is 14.2 Å². The van der Waals surface area contributed by atoms with Gasteiger partial charge in [-0.05, 0) is 36.8 Å². The third-order valence-corrected chi connectivity index (χ3v) is 2.30. The second-order valence-electron chi connectivity index (χ2n) is 3.64. The number of aryl methyl sites for hydroxylation is 1. The van der Waals surface area contributed by atoms with E-state index in [0.29, 0.717) is 17.1 Å². The molecule has 4 heteroatoms. The van der Waals surface area contributed by atoms with Crippen molar-refractivity contribution >= 4 is 0 Å². The van der Waals surface area contributed by atoms with E-state index in [0.717, 1.165) is 5.69 Å². The molecule has 2 rings (SSSR count). The quantitative estimate of drug-likeness (QED) is 0.886. The van der Waals surface area contributed by atoms with Crippen LogP contribution in [0.1, 0.15) is 11.3 Å². The molecule has 1 N–H and O–H groups in total. The van der Waals surface area contributed by atoms with Crippen molar-refractivity contribution in [1.82, 2.24) is 4.98 Å². The highest BCUT2D eigenvalue weighted by atomic mass is 19.1. The topological polar surface area (TPSA) is 42.4 Å². The third kappa shape index (κ3) is 2.79. The van der Waals surface area contributed by atoms with Crippen LogP contribution < -0.4 is 4.74 Å². The number of ether oxygens (including phenoxy) is 1. The third-order valence-electron chi connectivity index (χ3n) is 2.30. The number of rotatable bonds is 3. The SMILES string of the molecule is Cc1ncccc1Oc1cc(F)cc(CO)c1. The summed E-state index contributed by atoms with van der Waals surface area (Å²) in [5, 5.41) is 8.97. The molecule has 0 spiro atoms. The molecule has 1 aromatic heterocycles. The minimum atomic E-state index is -0.437. The zero-order valence-electron chi connectivity index (χ0n) is 9.35. The first-order chi connectivity index (χ1) is 8.19. The van der Waals surface area contributed by atoms with E-state index in [1.807, 2.05) is 6.92 Å². The van der Waals surface area contributed by atoms with Crippen molar-refractivity contribution in [3.05, 3.63) is 53.6 Å². The first kappa shape index (κ1) is 11.5. The van der Waals surface area contributed by atoms with Gasteiger partial charge in [0.2, 0.25) is 0 Å². The van der Waals surface area contributed by atoms with Crippen LogP contribution in [-0.4, -0.2) is 10.1 Å². The highest BCUT2D eigenvalue weighted by Crippen LogP contribution is 2.25. The number of aromatic nitrogens is 1. The van der Waals surface area contributed by atoms with E-state index in [1.165, 1.54) is 12.1 Å². The Morgan fingerprint density at radius 2 is 2.18 bits per heavy atom. The van der Waals surface area contributed by atoms with E-state index in [9.17, 15) is 4.39 Å². The summed E-state index contributed by atoms with van der Waals surface area (Å²) in [4.78, 5) is 4.07. The molecule has 0 fully saturated rings. The molecule has 0 atom stereocenters. The minimum absolute atomic E-state index is 0.222. The number of nitrogens with zero attached hydrogens (tertiary/aromatic N) is 1. The molecule has 0 saturated heterocycles. The van der Waals surface area contributed by atoms with E-state index in [4.69, 9.17) is 9.84 Å². The van der Waals surface area contributed by atoms with Crippen LogP contribution in [0.4, 0.5) is 4.39 Å². The number of aliphatic hydroxyl groups is 1. The van der Waals surface area contributed by atoms with Crippen LogP contribution in [0.15, 0.2) is 36.5 Å². The van der Waals surface area contributed by atoms with Crippen LogP contribution in [0, 0.1) is 12.7 Å². The predicted molar refractivity (Wildman–Crippen MR) is 61.4 cm³/mol. The summed E-state index contributed by atoms with van der Waals surface area (Å²) in [6.45, 7) is 1.59. The lowest BCUT2D eigenvalue weighted by Gasteiger charge is -2.08. The van der Waals surface area contributed by atoms with Crippen LogP contribution in [0.25, 0.3) is 0 Å². The van der Waals surface area contributed by atoms with Gasteiger partial charge in [-0.15, -0.1) is 0 Å². The molecule has 0 unspecified atom stereocenters. The maximum Gasteiger partial charge on any atom is 0.148 e. The number of benzene rings is 1. The van der Waals surface area contributed by atoms with Gasteiger partial charge in [0.1, 0.15) is 17.3 Å². The van der Waals surface area contributed by atoms with Crippen LogP contribution in [0.5, 0.6) is 11.5 Å². The van der Waals surface area contributed by atoms with Crippen molar-refractivity contribution in [1.29, 1.82) is 0 Å². The second kappa shape index (κ2) is 4.93. The summed E-state index contributed by atoms with van der Waals surface area (Å²) in [6, 6.07) is 7.63. The fraction of sp³-hybridized carbons (Fsp3) is 0.154. The summed E-state index contributed by atoms with van der Waals surface area (Å²) in [6.07, 6.45) is 1.66. The van der Waals surface area contributed by atoms with Crippen LogP contribution in [0.2, 0.25) is 0 Å². The Kier molecular flexibility index (Phi) is 3.35. The zero-order chi connectivity index (χ0) is 12.3. The lowest BCUT2D eigenvalue weighted by atomic mass is 10.2. The fourth-order valence-corrected chi connectivity index (χ4v) is 1.48. The molecule has 0 saturated carbocycles. The monoisotopic (exact) mass is 233 g/mol.